The topological polar surface area (TPSA) is 26.0 Å². The number of hydrogen-bond acceptors (Lipinski definition) is 1. The molecule has 58 valence electrons. The molecule has 2 N–H and O–H groups in total. The Labute approximate surface area is 69.3 Å². The lowest BCUT2D eigenvalue weighted by Crippen LogP contribution is -1.92. The van der Waals surface area contributed by atoms with Gasteiger partial charge in [-0.3, -0.25) is 0 Å². The number of rotatable bonds is 1. The Morgan fingerprint density at radius 2 is 2.18 bits per heavy atom. The van der Waals surface area contributed by atoms with Crippen LogP contribution in [0.15, 0.2) is 18.7 Å². The molecule has 1 nitrogen and oxygen atoms in total. The van der Waals surface area contributed by atoms with Crippen LogP contribution in [0.2, 0.25) is 5.02 Å². The summed E-state index contributed by atoms with van der Waals surface area (Å²) in [6, 6.07) is 2.79. The molecule has 0 atom stereocenters. The molecule has 0 aliphatic rings. The molecule has 1 rings (SSSR count). The van der Waals surface area contributed by atoms with Gasteiger partial charge in [-0.15, -0.1) is 0 Å². The summed E-state index contributed by atoms with van der Waals surface area (Å²) in [5.74, 6) is -0.505. The predicted molar refractivity (Wildman–Crippen MR) is 45.9 cm³/mol. The van der Waals surface area contributed by atoms with Crippen LogP contribution >= 0.6 is 11.6 Å². The van der Waals surface area contributed by atoms with E-state index in [9.17, 15) is 4.39 Å². The molecular weight excluding hydrogens is 165 g/mol. The Bertz CT molecular complexity index is 296. The average molecular weight is 172 g/mol. The molecule has 11 heavy (non-hydrogen) atoms. The fourth-order valence-corrected chi connectivity index (χ4v) is 0.931. The van der Waals surface area contributed by atoms with E-state index in [1.54, 1.807) is 0 Å². The van der Waals surface area contributed by atoms with Gasteiger partial charge in [-0.1, -0.05) is 24.3 Å². The standard InChI is InChI=1S/C8H7ClFN/c1-2-5-3-4-6(10)7(9)8(5)11/h2-4H,1,11H2. The molecule has 0 aliphatic carbocycles. The van der Waals surface area contributed by atoms with E-state index in [-0.39, 0.29) is 10.7 Å². The minimum absolute atomic E-state index is 0.0394. The van der Waals surface area contributed by atoms with Gasteiger partial charge in [0.25, 0.3) is 0 Å². The highest BCUT2D eigenvalue weighted by atomic mass is 35.5. The molecule has 0 aromatic heterocycles. The molecule has 1 aromatic rings. The van der Waals surface area contributed by atoms with Crippen LogP contribution in [0.1, 0.15) is 5.56 Å². The number of hydrogen-bond donors (Lipinski definition) is 1. The zero-order valence-electron chi connectivity index (χ0n) is 5.77. The molecule has 0 spiro atoms. The summed E-state index contributed by atoms with van der Waals surface area (Å²) in [5.41, 5.74) is 6.34. The van der Waals surface area contributed by atoms with E-state index >= 15 is 0 Å². The summed E-state index contributed by atoms with van der Waals surface area (Å²) >= 11 is 5.51. The van der Waals surface area contributed by atoms with Crippen molar-refractivity contribution in [2.75, 3.05) is 5.73 Å². The molecule has 0 fully saturated rings. The van der Waals surface area contributed by atoms with Crippen LogP contribution in [0.3, 0.4) is 0 Å². The first-order valence-electron chi connectivity index (χ1n) is 3.02. The van der Waals surface area contributed by atoms with Gasteiger partial charge >= 0.3 is 0 Å². The number of benzene rings is 1. The van der Waals surface area contributed by atoms with Gasteiger partial charge in [-0.2, -0.15) is 0 Å². The molecule has 0 amide bonds. The first-order chi connectivity index (χ1) is 5.16. The third kappa shape index (κ3) is 1.35. The first-order valence-corrected chi connectivity index (χ1v) is 3.40. The Balaban J connectivity index is 3.36. The maximum atomic E-state index is 12.6. The van der Waals surface area contributed by atoms with Crippen molar-refractivity contribution in [1.29, 1.82) is 0 Å². The van der Waals surface area contributed by atoms with Gasteiger partial charge in [0, 0.05) is 0 Å². The summed E-state index contributed by atoms with van der Waals surface area (Å²) in [7, 11) is 0. The lowest BCUT2D eigenvalue weighted by Gasteiger charge is -2.02. The van der Waals surface area contributed by atoms with Gasteiger partial charge in [0.15, 0.2) is 0 Å². The van der Waals surface area contributed by atoms with Gasteiger partial charge in [-0.25, -0.2) is 4.39 Å². The fraction of sp³-hybridized carbons (Fsp3) is 0. The molecule has 0 aliphatic heterocycles. The van der Waals surface area contributed by atoms with Crippen LogP contribution in [0, 0.1) is 5.82 Å². The quantitative estimate of drug-likeness (QED) is 0.646. The fourth-order valence-electron chi connectivity index (χ4n) is 0.759. The van der Waals surface area contributed by atoms with Crippen LogP contribution in [-0.2, 0) is 0 Å². The minimum Gasteiger partial charge on any atom is -0.397 e. The van der Waals surface area contributed by atoms with Crippen molar-refractivity contribution in [2.45, 2.75) is 0 Å². The third-order valence-corrected chi connectivity index (χ3v) is 1.77. The molecule has 1 aromatic carbocycles. The number of nitrogen functional groups attached to an aromatic ring is 1. The highest BCUT2D eigenvalue weighted by Crippen LogP contribution is 2.26. The van der Waals surface area contributed by atoms with Crippen LogP contribution in [0.4, 0.5) is 10.1 Å². The molecule has 3 heteroatoms. The first kappa shape index (κ1) is 8.08. The molecule has 0 saturated heterocycles. The van der Waals surface area contributed by atoms with Gasteiger partial charge in [-0.05, 0) is 17.7 Å². The second-order valence-corrected chi connectivity index (χ2v) is 2.45. The van der Waals surface area contributed by atoms with Gasteiger partial charge in [0.1, 0.15) is 5.82 Å². The van der Waals surface area contributed by atoms with Gasteiger partial charge < -0.3 is 5.73 Å². The van der Waals surface area contributed by atoms with E-state index in [0.717, 1.165) is 0 Å². The van der Waals surface area contributed by atoms with E-state index in [2.05, 4.69) is 6.58 Å². The van der Waals surface area contributed by atoms with Crippen molar-refractivity contribution >= 4 is 23.4 Å². The third-order valence-electron chi connectivity index (χ3n) is 1.39. The monoisotopic (exact) mass is 171 g/mol. The van der Waals surface area contributed by atoms with Crippen LogP contribution in [0.25, 0.3) is 6.08 Å². The second-order valence-electron chi connectivity index (χ2n) is 2.07. The summed E-state index contributed by atoms with van der Waals surface area (Å²) < 4.78 is 12.6. The molecule has 0 heterocycles. The maximum absolute atomic E-state index is 12.6. The van der Waals surface area contributed by atoms with Crippen LogP contribution < -0.4 is 5.73 Å². The average Bonchev–Trinajstić information content (AvgIpc) is 2.01. The zero-order valence-corrected chi connectivity index (χ0v) is 6.53. The lowest BCUT2D eigenvalue weighted by molar-refractivity contribution is 0.629. The molecule has 0 saturated carbocycles. The van der Waals surface area contributed by atoms with Crippen LogP contribution in [0.5, 0.6) is 0 Å². The lowest BCUT2D eigenvalue weighted by atomic mass is 10.2. The molecular formula is C8H7ClFN. The Morgan fingerprint density at radius 3 is 2.73 bits per heavy atom. The zero-order chi connectivity index (χ0) is 8.43. The Kier molecular flexibility index (Phi) is 2.15. The number of nitrogens with two attached hydrogens (primary N) is 1. The van der Waals surface area contributed by atoms with Crippen molar-refractivity contribution in [3.63, 3.8) is 0 Å². The molecule has 0 radical (unpaired) electrons. The van der Waals surface area contributed by atoms with Gasteiger partial charge in [0.2, 0.25) is 0 Å². The highest BCUT2D eigenvalue weighted by molar-refractivity contribution is 6.33. The van der Waals surface area contributed by atoms with E-state index in [1.165, 1.54) is 18.2 Å². The predicted octanol–water partition coefficient (Wildman–Crippen LogP) is 2.70. The molecule has 0 bridgehead atoms. The summed E-state index contributed by atoms with van der Waals surface area (Å²) in [5, 5.41) is -0.0394. The van der Waals surface area contributed by atoms with Crippen LogP contribution in [-0.4, -0.2) is 0 Å². The van der Waals surface area contributed by atoms with Crippen molar-refractivity contribution in [1.82, 2.24) is 0 Å². The van der Waals surface area contributed by atoms with E-state index < -0.39 is 5.82 Å². The Hall–Kier alpha value is -1.02. The SMILES string of the molecule is C=Cc1ccc(F)c(Cl)c1N. The van der Waals surface area contributed by atoms with Crippen molar-refractivity contribution < 1.29 is 4.39 Å². The van der Waals surface area contributed by atoms with Gasteiger partial charge in [0.05, 0.1) is 10.7 Å². The number of anilines is 1. The minimum atomic E-state index is -0.505. The van der Waals surface area contributed by atoms with E-state index in [0.29, 0.717) is 5.56 Å². The van der Waals surface area contributed by atoms with E-state index in [1.807, 2.05) is 0 Å². The summed E-state index contributed by atoms with van der Waals surface area (Å²) in [6.45, 7) is 3.50. The largest absolute Gasteiger partial charge is 0.397 e. The van der Waals surface area contributed by atoms with Crippen molar-refractivity contribution in [3.8, 4) is 0 Å². The maximum Gasteiger partial charge on any atom is 0.143 e. The van der Waals surface area contributed by atoms with Crippen molar-refractivity contribution in [2.24, 2.45) is 0 Å². The molecule has 0 unspecified atom stereocenters. The van der Waals surface area contributed by atoms with E-state index in [4.69, 9.17) is 17.3 Å². The summed E-state index contributed by atoms with van der Waals surface area (Å²) in [6.07, 6.45) is 1.53. The normalized spacial score (nSPS) is 9.64. The Morgan fingerprint density at radius 1 is 1.55 bits per heavy atom. The highest BCUT2D eigenvalue weighted by Gasteiger charge is 2.05. The number of halogens is 2. The summed E-state index contributed by atoms with van der Waals surface area (Å²) in [4.78, 5) is 0. The van der Waals surface area contributed by atoms with Crippen molar-refractivity contribution in [3.05, 3.63) is 35.1 Å². The smallest absolute Gasteiger partial charge is 0.143 e. The second kappa shape index (κ2) is 2.93.